The Bertz CT molecular complexity index is 1190. The summed E-state index contributed by atoms with van der Waals surface area (Å²) in [6.45, 7) is 0. The summed E-state index contributed by atoms with van der Waals surface area (Å²) >= 11 is 0. The van der Waals surface area contributed by atoms with Crippen molar-refractivity contribution >= 4 is 22.8 Å². The molecule has 0 atom stereocenters. The average Bonchev–Trinajstić information content (AvgIpc) is 3.33. The number of nitrogens with zero attached hydrogens (tertiary/aromatic N) is 2. The Balaban J connectivity index is 1.98. The Morgan fingerprint density at radius 3 is 2.48 bits per heavy atom. The molecule has 2 aromatic heterocycles. The monoisotopic (exact) mass is 352 g/mol. The number of rotatable bonds is 4. The second-order valence-electron chi connectivity index (χ2n) is 6.18. The Morgan fingerprint density at radius 2 is 1.78 bits per heavy atom. The molecule has 0 fully saturated rings. The van der Waals surface area contributed by atoms with Gasteiger partial charge in [0, 0.05) is 24.0 Å². The van der Waals surface area contributed by atoms with E-state index in [1.54, 1.807) is 12.1 Å². The van der Waals surface area contributed by atoms with E-state index in [1.165, 1.54) is 12.3 Å². The van der Waals surface area contributed by atoms with Crippen molar-refractivity contribution in [1.29, 1.82) is 5.26 Å². The van der Waals surface area contributed by atoms with Gasteiger partial charge in [-0.05, 0) is 23.8 Å². The average molecular weight is 352 g/mol. The molecule has 4 rings (SSSR count). The van der Waals surface area contributed by atoms with Gasteiger partial charge in [-0.1, -0.05) is 48.5 Å². The quantitative estimate of drug-likeness (QED) is 0.287. The number of hydrogen-bond donors (Lipinski definition) is 0. The summed E-state index contributed by atoms with van der Waals surface area (Å²) in [6, 6.07) is 22.9. The van der Waals surface area contributed by atoms with Gasteiger partial charge in [-0.3, -0.25) is 4.79 Å². The van der Waals surface area contributed by atoms with Crippen LogP contribution in [0.1, 0.15) is 16.1 Å². The molecule has 4 heteroatoms. The molecule has 0 radical (unpaired) electrons. The molecule has 0 bridgehead atoms. The van der Waals surface area contributed by atoms with Crippen LogP contribution in [0.3, 0.4) is 0 Å². The first-order valence-electron chi connectivity index (χ1n) is 8.53. The van der Waals surface area contributed by atoms with Crippen molar-refractivity contribution in [3.05, 3.63) is 89.9 Å². The van der Waals surface area contributed by atoms with Gasteiger partial charge in [0.2, 0.25) is 5.78 Å². The summed E-state index contributed by atoms with van der Waals surface area (Å²) in [5.41, 5.74) is 3.23. The molecule has 0 spiro atoms. The van der Waals surface area contributed by atoms with E-state index in [-0.39, 0.29) is 11.4 Å². The van der Waals surface area contributed by atoms with Gasteiger partial charge < -0.3 is 8.98 Å². The highest BCUT2D eigenvalue weighted by atomic mass is 16.3. The minimum Gasteiger partial charge on any atom is -0.465 e. The van der Waals surface area contributed by atoms with Gasteiger partial charge in [-0.15, -0.1) is 0 Å². The van der Waals surface area contributed by atoms with Crippen LogP contribution < -0.4 is 0 Å². The van der Waals surface area contributed by atoms with Gasteiger partial charge in [0.25, 0.3) is 0 Å². The van der Waals surface area contributed by atoms with Crippen LogP contribution in [0.2, 0.25) is 0 Å². The number of benzene rings is 2. The van der Waals surface area contributed by atoms with Crippen molar-refractivity contribution in [3.8, 4) is 17.3 Å². The lowest BCUT2D eigenvalue weighted by atomic mass is 9.97. The lowest BCUT2D eigenvalue weighted by Gasteiger charge is -2.07. The molecule has 0 saturated heterocycles. The second-order valence-corrected chi connectivity index (χ2v) is 6.18. The van der Waals surface area contributed by atoms with Crippen LogP contribution in [-0.4, -0.2) is 10.4 Å². The van der Waals surface area contributed by atoms with E-state index in [2.05, 4.69) is 0 Å². The maximum atomic E-state index is 13.4. The zero-order valence-electron chi connectivity index (χ0n) is 14.7. The fraction of sp³-hybridized carbons (Fsp3) is 0.0435. The van der Waals surface area contributed by atoms with E-state index in [9.17, 15) is 10.1 Å². The Morgan fingerprint density at radius 1 is 1.04 bits per heavy atom. The molecule has 0 aliphatic rings. The Kier molecular flexibility index (Phi) is 4.19. The molecule has 27 heavy (non-hydrogen) atoms. The van der Waals surface area contributed by atoms with Gasteiger partial charge in [0.1, 0.15) is 17.4 Å². The molecule has 4 nitrogen and oxygen atoms in total. The van der Waals surface area contributed by atoms with Crippen molar-refractivity contribution < 1.29 is 9.21 Å². The highest BCUT2D eigenvalue weighted by Gasteiger charge is 2.24. The molecule has 0 amide bonds. The van der Waals surface area contributed by atoms with Crippen LogP contribution in [0.4, 0.5) is 0 Å². The van der Waals surface area contributed by atoms with E-state index < -0.39 is 0 Å². The number of ketones is 1. The van der Waals surface area contributed by atoms with E-state index in [1.807, 2.05) is 72.3 Å². The highest BCUT2D eigenvalue weighted by molar-refractivity contribution is 6.23. The number of aromatic nitrogens is 1. The van der Waals surface area contributed by atoms with E-state index >= 15 is 0 Å². The standard InChI is InChI=1S/C23H16N2O2/c1-25-20-12-6-5-11-19(20)21(22(25)16-8-3-2-4-9-16)23(26)17(15-24)14-18-10-7-13-27-18/h2-14H,1H3/b17-14+. The third-order valence-electron chi connectivity index (χ3n) is 4.58. The summed E-state index contributed by atoms with van der Waals surface area (Å²) < 4.78 is 7.27. The van der Waals surface area contributed by atoms with Gasteiger partial charge in [-0.25, -0.2) is 0 Å². The minimum atomic E-state index is -0.315. The van der Waals surface area contributed by atoms with E-state index in [0.717, 1.165) is 22.2 Å². The van der Waals surface area contributed by atoms with Crippen molar-refractivity contribution in [2.45, 2.75) is 0 Å². The van der Waals surface area contributed by atoms with Gasteiger partial charge >= 0.3 is 0 Å². The molecule has 2 heterocycles. The summed E-state index contributed by atoms with van der Waals surface area (Å²) in [7, 11) is 1.93. The zero-order chi connectivity index (χ0) is 18.8. The molecular weight excluding hydrogens is 336 g/mol. The van der Waals surface area contributed by atoms with Crippen LogP contribution in [0.5, 0.6) is 0 Å². The number of para-hydroxylation sites is 1. The maximum absolute atomic E-state index is 13.4. The lowest BCUT2D eigenvalue weighted by Crippen LogP contribution is -2.04. The van der Waals surface area contributed by atoms with Crippen LogP contribution in [-0.2, 0) is 7.05 Å². The number of aryl methyl sites for hydroxylation is 1. The van der Waals surface area contributed by atoms with Crippen LogP contribution in [0, 0.1) is 11.3 Å². The number of carbonyl (C=O) groups is 1. The van der Waals surface area contributed by atoms with Crippen molar-refractivity contribution in [1.82, 2.24) is 4.57 Å². The summed E-state index contributed by atoms with van der Waals surface area (Å²) in [4.78, 5) is 13.4. The first-order chi connectivity index (χ1) is 13.2. The van der Waals surface area contributed by atoms with Gasteiger partial charge in [0.05, 0.1) is 17.5 Å². The topological polar surface area (TPSA) is 58.9 Å². The maximum Gasteiger partial charge on any atom is 0.206 e. The Labute approximate surface area is 156 Å². The fourth-order valence-electron chi connectivity index (χ4n) is 3.36. The third kappa shape index (κ3) is 2.86. The number of nitriles is 1. The lowest BCUT2D eigenvalue weighted by molar-refractivity contribution is 0.104. The van der Waals surface area contributed by atoms with Crippen molar-refractivity contribution in [2.24, 2.45) is 7.05 Å². The summed E-state index contributed by atoms with van der Waals surface area (Å²) in [5, 5.41) is 10.4. The van der Waals surface area contributed by atoms with Crippen molar-refractivity contribution in [3.63, 3.8) is 0 Å². The largest absolute Gasteiger partial charge is 0.465 e. The SMILES string of the molecule is Cn1c(-c2ccccc2)c(C(=O)/C(C#N)=C/c2ccco2)c2ccccc21. The zero-order valence-corrected chi connectivity index (χ0v) is 14.7. The Hall–Kier alpha value is -3.84. The summed E-state index contributed by atoms with van der Waals surface area (Å²) in [5.74, 6) is 0.158. The van der Waals surface area contributed by atoms with Gasteiger partial charge in [-0.2, -0.15) is 5.26 Å². The van der Waals surface area contributed by atoms with Crippen LogP contribution in [0.15, 0.2) is 83.0 Å². The second kappa shape index (κ2) is 6.81. The van der Waals surface area contributed by atoms with E-state index in [0.29, 0.717) is 11.3 Å². The molecule has 0 N–H and O–H groups in total. The molecule has 0 saturated carbocycles. The normalized spacial score (nSPS) is 11.5. The van der Waals surface area contributed by atoms with E-state index in [4.69, 9.17) is 4.42 Å². The predicted molar refractivity (Wildman–Crippen MR) is 105 cm³/mol. The van der Waals surface area contributed by atoms with Crippen LogP contribution >= 0.6 is 0 Å². The molecular formula is C23H16N2O2. The first kappa shape index (κ1) is 16.6. The van der Waals surface area contributed by atoms with Crippen molar-refractivity contribution in [2.75, 3.05) is 0 Å². The number of fused-ring (bicyclic) bond motifs is 1. The highest BCUT2D eigenvalue weighted by Crippen LogP contribution is 2.34. The molecule has 0 aliphatic heterocycles. The smallest absolute Gasteiger partial charge is 0.206 e. The van der Waals surface area contributed by atoms with Crippen LogP contribution in [0.25, 0.3) is 28.2 Å². The molecule has 0 unspecified atom stereocenters. The number of allylic oxidation sites excluding steroid dienone is 1. The number of carbonyl (C=O) groups excluding carboxylic acids is 1. The number of Topliss-reactive ketones (excluding diaryl/α,β-unsaturated/α-hetero) is 1. The summed E-state index contributed by atoms with van der Waals surface area (Å²) in [6.07, 6.45) is 3.00. The molecule has 2 aromatic carbocycles. The minimum absolute atomic E-state index is 0.0403. The molecule has 4 aromatic rings. The third-order valence-corrected chi connectivity index (χ3v) is 4.58. The molecule has 130 valence electrons. The number of hydrogen-bond acceptors (Lipinski definition) is 3. The number of furan rings is 1. The fourth-order valence-corrected chi connectivity index (χ4v) is 3.36. The molecule has 0 aliphatic carbocycles. The van der Waals surface area contributed by atoms with Gasteiger partial charge in [0.15, 0.2) is 0 Å². The predicted octanol–water partition coefficient (Wildman–Crippen LogP) is 5.23. The first-order valence-corrected chi connectivity index (χ1v) is 8.53.